The van der Waals surface area contributed by atoms with Crippen LogP contribution in [-0.2, 0) is 0 Å². The Balaban J connectivity index is 2.35. The zero-order valence-corrected chi connectivity index (χ0v) is 12.8. The summed E-state index contributed by atoms with van der Waals surface area (Å²) >= 11 is 3.32. The van der Waals surface area contributed by atoms with Gasteiger partial charge < -0.3 is 16.2 Å². The minimum absolute atomic E-state index is 0.0132. The number of aryl methyl sites for hydroxylation is 1. The number of hydrogen-bond donors (Lipinski definition) is 3. The summed E-state index contributed by atoms with van der Waals surface area (Å²) < 4.78 is 0.640. The smallest absolute Gasteiger partial charge is 0.337 e. The van der Waals surface area contributed by atoms with Crippen molar-refractivity contribution in [2.45, 2.75) is 6.92 Å². The molecule has 0 unspecified atom stereocenters. The van der Waals surface area contributed by atoms with Crippen LogP contribution in [0.3, 0.4) is 0 Å². The van der Waals surface area contributed by atoms with Gasteiger partial charge in [0.2, 0.25) is 0 Å². The third kappa shape index (κ3) is 3.41. The number of aromatic carboxylic acids is 1. The monoisotopic (exact) mass is 348 g/mol. The molecule has 0 aliphatic rings. The molecule has 0 aliphatic heterocycles. The van der Waals surface area contributed by atoms with Gasteiger partial charge in [-0.15, -0.1) is 0 Å². The molecule has 0 radical (unpaired) electrons. The summed E-state index contributed by atoms with van der Waals surface area (Å²) in [6, 6.07) is 9.53. The Morgan fingerprint density at radius 2 is 1.81 bits per heavy atom. The largest absolute Gasteiger partial charge is 0.478 e. The molecule has 2 aromatic rings. The molecule has 0 saturated carbocycles. The summed E-state index contributed by atoms with van der Waals surface area (Å²) in [5.41, 5.74) is 7.59. The molecule has 0 spiro atoms. The van der Waals surface area contributed by atoms with Crippen LogP contribution in [0.4, 0.5) is 11.4 Å². The first-order chi connectivity index (χ1) is 9.88. The van der Waals surface area contributed by atoms with Gasteiger partial charge in [0.1, 0.15) is 0 Å². The summed E-state index contributed by atoms with van der Waals surface area (Å²) in [7, 11) is 0. The molecule has 0 aromatic heterocycles. The topological polar surface area (TPSA) is 92.4 Å². The molecule has 0 aliphatic carbocycles. The van der Waals surface area contributed by atoms with Crippen LogP contribution in [0.2, 0.25) is 0 Å². The molecule has 0 fully saturated rings. The Morgan fingerprint density at radius 1 is 1.14 bits per heavy atom. The molecule has 5 nitrogen and oxygen atoms in total. The van der Waals surface area contributed by atoms with E-state index >= 15 is 0 Å². The Kier molecular flexibility index (Phi) is 4.28. The third-order valence-electron chi connectivity index (χ3n) is 2.89. The number of anilines is 2. The summed E-state index contributed by atoms with van der Waals surface area (Å²) in [6.07, 6.45) is 0. The predicted molar refractivity (Wildman–Crippen MR) is 84.6 cm³/mol. The van der Waals surface area contributed by atoms with Gasteiger partial charge >= 0.3 is 5.97 Å². The molecular formula is C15H13BrN2O3. The summed E-state index contributed by atoms with van der Waals surface area (Å²) in [5, 5.41) is 11.7. The van der Waals surface area contributed by atoms with Crippen molar-refractivity contribution in [3.63, 3.8) is 0 Å². The van der Waals surface area contributed by atoms with Crippen LogP contribution in [0.1, 0.15) is 26.3 Å². The molecule has 0 atom stereocenters. The van der Waals surface area contributed by atoms with Crippen molar-refractivity contribution in [3.05, 3.63) is 57.6 Å². The van der Waals surface area contributed by atoms with Crippen molar-refractivity contribution in [2.24, 2.45) is 0 Å². The first-order valence-electron chi connectivity index (χ1n) is 6.09. The quantitative estimate of drug-likeness (QED) is 0.742. The second-order valence-corrected chi connectivity index (χ2v) is 5.40. The highest BCUT2D eigenvalue weighted by molar-refractivity contribution is 9.10. The van der Waals surface area contributed by atoms with Crippen molar-refractivity contribution >= 4 is 39.2 Å². The number of halogens is 1. The number of nitrogens with two attached hydrogens (primary N) is 1. The van der Waals surface area contributed by atoms with Gasteiger partial charge in [-0.3, -0.25) is 4.79 Å². The molecule has 2 aromatic carbocycles. The molecule has 108 valence electrons. The number of carboxylic acid groups (broad SMARTS) is 1. The number of carboxylic acids is 1. The lowest BCUT2D eigenvalue weighted by Gasteiger charge is -2.10. The van der Waals surface area contributed by atoms with E-state index in [1.165, 1.54) is 18.2 Å². The first kappa shape index (κ1) is 15.1. The van der Waals surface area contributed by atoms with E-state index in [-0.39, 0.29) is 11.3 Å². The minimum atomic E-state index is -1.13. The molecule has 0 heterocycles. The Hall–Kier alpha value is -2.34. The Morgan fingerprint density at radius 3 is 2.43 bits per heavy atom. The Labute approximate surface area is 129 Å². The van der Waals surface area contributed by atoms with Gasteiger partial charge in [0.15, 0.2) is 0 Å². The number of amides is 1. The number of carbonyl (C=O) groups is 2. The van der Waals surface area contributed by atoms with Gasteiger partial charge in [-0.2, -0.15) is 0 Å². The number of benzene rings is 2. The highest BCUT2D eigenvalue weighted by Crippen LogP contribution is 2.23. The van der Waals surface area contributed by atoms with E-state index in [1.807, 2.05) is 13.0 Å². The third-order valence-corrected chi connectivity index (χ3v) is 3.55. The molecule has 0 saturated heterocycles. The average Bonchev–Trinajstić information content (AvgIpc) is 2.37. The van der Waals surface area contributed by atoms with E-state index < -0.39 is 11.9 Å². The lowest BCUT2D eigenvalue weighted by atomic mass is 10.1. The number of rotatable bonds is 3. The average molecular weight is 349 g/mol. The van der Waals surface area contributed by atoms with Crippen LogP contribution in [0.5, 0.6) is 0 Å². The number of nitrogen functional groups attached to an aromatic ring is 1. The van der Waals surface area contributed by atoms with E-state index in [9.17, 15) is 9.59 Å². The fourth-order valence-corrected chi connectivity index (χ4v) is 2.52. The number of carbonyl (C=O) groups excluding carboxylic acids is 1. The van der Waals surface area contributed by atoms with Crippen LogP contribution in [-0.4, -0.2) is 17.0 Å². The fraction of sp³-hybridized carbons (Fsp3) is 0.0667. The fourth-order valence-electron chi connectivity index (χ4n) is 1.85. The van der Waals surface area contributed by atoms with Gasteiger partial charge in [-0.1, -0.05) is 6.07 Å². The summed E-state index contributed by atoms with van der Waals surface area (Å²) in [6.45, 7) is 1.91. The molecule has 1 amide bonds. The summed E-state index contributed by atoms with van der Waals surface area (Å²) in [5.74, 6) is -1.54. The van der Waals surface area contributed by atoms with Gasteiger partial charge in [-0.05, 0) is 58.7 Å². The van der Waals surface area contributed by atoms with Gasteiger partial charge in [0.25, 0.3) is 5.91 Å². The van der Waals surface area contributed by atoms with Crippen LogP contribution < -0.4 is 11.1 Å². The van der Waals surface area contributed by atoms with Crippen LogP contribution in [0.15, 0.2) is 40.9 Å². The lowest BCUT2D eigenvalue weighted by Crippen LogP contribution is -2.15. The van der Waals surface area contributed by atoms with Crippen LogP contribution in [0, 0.1) is 6.92 Å². The second kappa shape index (κ2) is 5.97. The second-order valence-electron chi connectivity index (χ2n) is 4.55. The van der Waals surface area contributed by atoms with Crippen molar-refractivity contribution in [1.29, 1.82) is 0 Å². The number of nitrogens with one attached hydrogen (secondary N) is 1. The Bertz CT molecular complexity index is 729. The van der Waals surface area contributed by atoms with Gasteiger partial charge in [0.05, 0.1) is 16.8 Å². The molecule has 21 heavy (non-hydrogen) atoms. The molecule has 0 bridgehead atoms. The normalized spacial score (nSPS) is 10.2. The van der Waals surface area contributed by atoms with E-state index in [0.29, 0.717) is 15.7 Å². The van der Waals surface area contributed by atoms with E-state index in [1.54, 1.807) is 12.1 Å². The molecule has 2 rings (SSSR count). The van der Waals surface area contributed by atoms with E-state index in [4.69, 9.17) is 10.8 Å². The SMILES string of the molecule is Cc1ccc(C(=O)Nc2cc(N)ccc2C(=O)O)c(Br)c1. The van der Waals surface area contributed by atoms with Gasteiger partial charge in [-0.25, -0.2) is 4.79 Å². The van der Waals surface area contributed by atoms with E-state index in [2.05, 4.69) is 21.2 Å². The summed E-state index contributed by atoms with van der Waals surface area (Å²) in [4.78, 5) is 23.4. The number of hydrogen-bond acceptors (Lipinski definition) is 3. The first-order valence-corrected chi connectivity index (χ1v) is 6.88. The standard InChI is InChI=1S/C15H13BrN2O3/c1-8-2-4-10(12(16)6-8)14(19)18-13-7-9(17)3-5-11(13)15(20)21/h2-7H,17H2,1H3,(H,18,19)(H,20,21). The van der Waals surface area contributed by atoms with Crippen LogP contribution in [0.25, 0.3) is 0 Å². The van der Waals surface area contributed by atoms with E-state index in [0.717, 1.165) is 5.56 Å². The highest BCUT2D eigenvalue weighted by Gasteiger charge is 2.15. The van der Waals surface area contributed by atoms with Crippen molar-refractivity contribution in [2.75, 3.05) is 11.1 Å². The van der Waals surface area contributed by atoms with Crippen molar-refractivity contribution in [3.8, 4) is 0 Å². The molecule has 4 N–H and O–H groups in total. The lowest BCUT2D eigenvalue weighted by molar-refractivity contribution is 0.0698. The highest BCUT2D eigenvalue weighted by atomic mass is 79.9. The van der Waals surface area contributed by atoms with Gasteiger partial charge in [0, 0.05) is 10.2 Å². The maximum atomic E-state index is 12.3. The van der Waals surface area contributed by atoms with Crippen molar-refractivity contribution in [1.82, 2.24) is 0 Å². The molecule has 6 heteroatoms. The molecular weight excluding hydrogens is 336 g/mol. The predicted octanol–water partition coefficient (Wildman–Crippen LogP) is 3.29. The zero-order valence-electron chi connectivity index (χ0n) is 11.2. The van der Waals surface area contributed by atoms with Crippen LogP contribution >= 0.6 is 15.9 Å². The maximum Gasteiger partial charge on any atom is 0.337 e. The van der Waals surface area contributed by atoms with Crippen molar-refractivity contribution < 1.29 is 14.7 Å². The maximum absolute atomic E-state index is 12.3. The zero-order chi connectivity index (χ0) is 15.6. The minimum Gasteiger partial charge on any atom is -0.478 e.